The van der Waals surface area contributed by atoms with E-state index in [1.54, 1.807) is 0 Å². The summed E-state index contributed by atoms with van der Waals surface area (Å²) in [4.78, 5) is 11.0. The number of anilines is 1. The van der Waals surface area contributed by atoms with Crippen LogP contribution in [0.4, 0.5) is 5.82 Å². The van der Waals surface area contributed by atoms with Crippen LogP contribution in [-0.4, -0.2) is 55.1 Å². The van der Waals surface area contributed by atoms with Gasteiger partial charge in [-0.05, 0) is 13.3 Å². The highest BCUT2D eigenvalue weighted by Crippen LogP contribution is 2.25. The minimum Gasteiger partial charge on any atom is -0.354 e. The summed E-state index contributed by atoms with van der Waals surface area (Å²) in [5.41, 5.74) is 0.851. The standard InChI is InChI=1S/C13H21ClN4O2S/c1-4-5-11-15-12(14)10(2)13(16-11)17-6-8-18(9-7-17)21(3,19)20/h4-9H2,1-3H3. The quantitative estimate of drug-likeness (QED) is 0.781. The van der Waals surface area contributed by atoms with Crippen LogP contribution in [0.3, 0.4) is 0 Å². The number of nitrogens with zero attached hydrogens (tertiary/aromatic N) is 4. The molecule has 1 saturated heterocycles. The summed E-state index contributed by atoms with van der Waals surface area (Å²) in [7, 11) is -3.12. The fourth-order valence-corrected chi connectivity index (χ4v) is 3.40. The van der Waals surface area contributed by atoms with Gasteiger partial charge in [0.2, 0.25) is 10.0 Å². The number of hydrogen-bond acceptors (Lipinski definition) is 5. The van der Waals surface area contributed by atoms with Crippen LogP contribution in [0.2, 0.25) is 5.15 Å². The average molecular weight is 333 g/mol. The van der Waals surface area contributed by atoms with E-state index in [4.69, 9.17) is 11.6 Å². The van der Waals surface area contributed by atoms with Crippen LogP contribution in [0.25, 0.3) is 0 Å². The van der Waals surface area contributed by atoms with E-state index in [-0.39, 0.29) is 0 Å². The fourth-order valence-electron chi connectivity index (χ4n) is 2.40. The summed E-state index contributed by atoms with van der Waals surface area (Å²) >= 11 is 6.19. The molecule has 6 nitrogen and oxygen atoms in total. The van der Waals surface area contributed by atoms with E-state index >= 15 is 0 Å². The van der Waals surface area contributed by atoms with Crippen molar-refractivity contribution < 1.29 is 8.42 Å². The Morgan fingerprint density at radius 3 is 2.33 bits per heavy atom. The Labute approximate surface area is 131 Å². The Morgan fingerprint density at radius 2 is 1.81 bits per heavy atom. The Balaban J connectivity index is 2.20. The lowest BCUT2D eigenvalue weighted by atomic mass is 10.2. The second-order valence-electron chi connectivity index (χ2n) is 5.28. The van der Waals surface area contributed by atoms with Gasteiger partial charge >= 0.3 is 0 Å². The van der Waals surface area contributed by atoms with Gasteiger partial charge in [0.25, 0.3) is 0 Å². The van der Waals surface area contributed by atoms with Gasteiger partial charge < -0.3 is 4.90 Å². The van der Waals surface area contributed by atoms with Crippen LogP contribution in [0.1, 0.15) is 24.7 Å². The van der Waals surface area contributed by atoms with Crippen molar-refractivity contribution in [3.05, 3.63) is 16.5 Å². The maximum atomic E-state index is 11.6. The first-order chi connectivity index (χ1) is 9.82. The molecule has 1 aliphatic heterocycles. The summed E-state index contributed by atoms with van der Waals surface area (Å²) in [6, 6.07) is 0. The van der Waals surface area contributed by atoms with E-state index in [0.29, 0.717) is 31.3 Å². The van der Waals surface area contributed by atoms with Crippen molar-refractivity contribution in [1.29, 1.82) is 0 Å². The number of hydrogen-bond donors (Lipinski definition) is 0. The minimum absolute atomic E-state index is 0.475. The number of aromatic nitrogens is 2. The van der Waals surface area contributed by atoms with Gasteiger partial charge in [0.1, 0.15) is 16.8 Å². The molecule has 0 aliphatic carbocycles. The van der Waals surface area contributed by atoms with Crippen LogP contribution >= 0.6 is 11.6 Å². The highest BCUT2D eigenvalue weighted by Gasteiger charge is 2.25. The summed E-state index contributed by atoms with van der Waals surface area (Å²) in [6.07, 6.45) is 2.99. The molecule has 1 aliphatic rings. The van der Waals surface area contributed by atoms with Gasteiger partial charge in [-0.1, -0.05) is 18.5 Å². The topological polar surface area (TPSA) is 66.4 Å². The number of halogens is 1. The van der Waals surface area contributed by atoms with Gasteiger partial charge in [-0.15, -0.1) is 0 Å². The first kappa shape index (κ1) is 16.5. The first-order valence-electron chi connectivity index (χ1n) is 7.06. The molecule has 1 aromatic heterocycles. The highest BCUT2D eigenvalue weighted by molar-refractivity contribution is 7.88. The van der Waals surface area contributed by atoms with Crippen LogP contribution < -0.4 is 4.90 Å². The third kappa shape index (κ3) is 3.84. The molecule has 0 bridgehead atoms. The van der Waals surface area contributed by atoms with Gasteiger partial charge in [-0.2, -0.15) is 4.31 Å². The maximum absolute atomic E-state index is 11.6. The molecule has 0 spiro atoms. The van der Waals surface area contributed by atoms with Gasteiger partial charge in [0, 0.05) is 38.2 Å². The van der Waals surface area contributed by atoms with Crippen LogP contribution in [0.5, 0.6) is 0 Å². The summed E-state index contributed by atoms with van der Waals surface area (Å²) in [6.45, 7) is 6.16. The van der Waals surface area contributed by atoms with Gasteiger partial charge in [0.15, 0.2) is 0 Å². The van der Waals surface area contributed by atoms with Crippen molar-refractivity contribution in [2.75, 3.05) is 37.3 Å². The summed E-state index contributed by atoms with van der Waals surface area (Å²) < 4.78 is 24.6. The molecule has 2 heterocycles. The zero-order valence-electron chi connectivity index (χ0n) is 12.6. The van der Waals surface area contributed by atoms with E-state index in [1.165, 1.54) is 10.6 Å². The fraction of sp³-hybridized carbons (Fsp3) is 0.692. The predicted octanol–water partition coefficient (Wildman–Crippen LogP) is 1.47. The molecule has 0 atom stereocenters. The monoisotopic (exact) mass is 332 g/mol. The lowest BCUT2D eigenvalue weighted by Gasteiger charge is -2.34. The number of sulfonamides is 1. The van der Waals surface area contributed by atoms with Gasteiger partial charge in [0.05, 0.1) is 6.26 Å². The molecule has 21 heavy (non-hydrogen) atoms. The van der Waals surface area contributed by atoms with Crippen molar-refractivity contribution in [2.45, 2.75) is 26.7 Å². The zero-order chi connectivity index (χ0) is 15.6. The summed E-state index contributed by atoms with van der Waals surface area (Å²) in [5.74, 6) is 1.57. The predicted molar refractivity (Wildman–Crippen MR) is 84.4 cm³/mol. The highest BCUT2D eigenvalue weighted by atomic mass is 35.5. The lowest BCUT2D eigenvalue weighted by molar-refractivity contribution is 0.386. The van der Waals surface area contributed by atoms with Crippen LogP contribution in [0, 0.1) is 6.92 Å². The van der Waals surface area contributed by atoms with Crippen molar-refractivity contribution in [3.8, 4) is 0 Å². The largest absolute Gasteiger partial charge is 0.354 e. The molecule has 0 amide bonds. The molecule has 118 valence electrons. The van der Waals surface area contributed by atoms with Crippen molar-refractivity contribution in [1.82, 2.24) is 14.3 Å². The molecule has 0 N–H and O–H groups in total. The summed E-state index contributed by atoms with van der Waals surface area (Å²) in [5, 5.41) is 0.481. The normalized spacial score (nSPS) is 17.2. The maximum Gasteiger partial charge on any atom is 0.211 e. The zero-order valence-corrected chi connectivity index (χ0v) is 14.2. The molecule has 2 rings (SSSR count). The molecule has 8 heteroatoms. The minimum atomic E-state index is -3.12. The van der Waals surface area contributed by atoms with E-state index < -0.39 is 10.0 Å². The molecule has 0 saturated carbocycles. The SMILES string of the molecule is CCCc1nc(Cl)c(C)c(N2CCN(S(C)(=O)=O)CC2)n1. The molecule has 0 radical (unpaired) electrons. The Morgan fingerprint density at radius 1 is 1.19 bits per heavy atom. The second-order valence-corrected chi connectivity index (χ2v) is 7.62. The van der Waals surface area contributed by atoms with Gasteiger partial charge in [-0.25, -0.2) is 18.4 Å². The Bertz CT molecular complexity index is 613. The lowest BCUT2D eigenvalue weighted by Crippen LogP contribution is -2.48. The van der Waals surface area contributed by atoms with Gasteiger partial charge in [-0.3, -0.25) is 0 Å². The van der Waals surface area contributed by atoms with Crippen LogP contribution in [-0.2, 0) is 16.4 Å². The Hall–Kier alpha value is -0.920. The van der Waals surface area contributed by atoms with Crippen molar-refractivity contribution in [3.63, 3.8) is 0 Å². The molecular formula is C13H21ClN4O2S. The molecule has 0 unspecified atom stereocenters. The van der Waals surface area contributed by atoms with E-state index in [0.717, 1.165) is 30.0 Å². The first-order valence-corrected chi connectivity index (χ1v) is 9.28. The smallest absolute Gasteiger partial charge is 0.211 e. The van der Waals surface area contributed by atoms with E-state index in [9.17, 15) is 8.42 Å². The third-order valence-electron chi connectivity index (χ3n) is 3.59. The van der Waals surface area contributed by atoms with Crippen molar-refractivity contribution >= 4 is 27.4 Å². The molecule has 1 aromatic rings. The molecule has 0 aromatic carbocycles. The van der Waals surface area contributed by atoms with E-state index in [2.05, 4.69) is 21.8 Å². The number of rotatable bonds is 4. The number of aryl methyl sites for hydroxylation is 1. The van der Waals surface area contributed by atoms with E-state index in [1.807, 2.05) is 6.92 Å². The number of piperazine rings is 1. The molecular weight excluding hydrogens is 312 g/mol. The second kappa shape index (κ2) is 6.46. The average Bonchev–Trinajstić information content (AvgIpc) is 2.42. The van der Waals surface area contributed by atoms with Crippen LogP contribution in [0.15, 0.2) is 0 Å². The third-order valence-corrected chi connectivity index (χ3v) is 5.26. The molecule has 1 fully saturated rings. The Kier molecular flexibility index (Phi) is 5.06. The van der Waals surface area contributed by atoms with Crippen molar-refractivity contribution in [2.24, 2.45) is 0 Å².